The quantitative estimate of drug-likeness (QED) is 0.186. The van der Waals surface area contributed by atoms with E-state index in [2.05, 4.69) is 71.0 Å². The van der Waals surface area contributed by atoms with Crippen LogP contribution in [0.4, 0.5) is 5.13 Å². The fourth-order valence-electron chi connectivity index (χ4n) is 3.11. The summed E-state index contributed by atoms with van der Waals surface area (Å²) in [4.78, 5) is 4.59. The fraction of sp³-hybridized carbons (Fsp3) is 0.154. The van der Waals surface area contributed by atoms with E-state index < -0.39 is 0 Å². The van der Waals surface area contributed by atoms with Crippen LogP contribution in [0.1, 0.15) is 23.1 Å². The van der Waals surface area contributed by atoms with Crippen molar-refractivity contribution in [1.82, 2.24) is 4.98 Å². The lowest BCUT2D eigenvalue weighted by Gasteiger charge is -2.06. The Morgan fingerprint density at radius 1 is 0.968 bits per heavy atom. The SMILES string of the molecule is Cc1ccc(-c2csc(N/N=C\c3ccc(OCCCc4ccccc4)cc3)n2)cc1. The van der Waals surface area contributed by atoms with Crippen LogP contribution in [0.15, 0.2) is 89.3 Å². The van der Waals surface area contributed by atoms with Gasteiger partial charge in [-0.25, -0.2) is 4.98 Å². The highest BCUT2D eigenvalue weighted by Crippen LogP contribution is 2.25. The van der Waals surface area contributed by atoms with Gasteiger partial charge in [-0.15, -0.1) is 11.3 Å². The Morgan fingerprint density at radius 3 is 2.52 bits per heavy atom. The molecule has 0 aliphatic rings. The zero-order chi connectivity index (χ0) is 21.3. The Labute approximate surface area is 187 Å². The molecule has 1 N–H and O–H groups in total. The maximum Gasteiger partial charge on any atom is 0.203 e. The van der Waals surface area contributed by atoms with Crippen LogP contribution in [0.25, 0.3) is 11.3 Å². The lowest BCUT2D eigenvalue weighted by atomic mass is 10.1. The molecular formula is C26H25N3OS. The standard InChI is InChI=1S/C26H25N3OS/c1-20-9-13-23(14-10-20)25-19-31-26(28-25)29-27-18-22-11-15-24(16-12-22)30-17-5-8-21-6-3-2-4-7-21/h2-4,6-7,9-16,18-19H,5,8,17H2,1H3,(H,28,29)/b27-18-. The van der Waals surface area contributed by atoms with Crippen LogP contribution in [0.3, 0.4) is 0 Å². The van der Waals surface area contributed by atoms with Crippen LogP contribution in [-0.2, 0) is 6.42 Å². The Balaban J connectivity index is 1.23. The molecule has 0 unspecified atom stereocenters. The molecule has 156 valence electrons. The first-order valence-corrected chi connectivity index (χ1v) is 11.2. The Kier molecular flexibility index (Phi) is 7.08. The van der Waals surface area contributed by atoms with Crippen molar-refractivity contribution in [2.75, 3.05) is 12.0 Å². The third-order valence-electron chi connectivity index (χ3n) is 4.83. The van der Waals surface area contributed by atoms with E-state index in [1.165, 1.54) is 22.5 Å². The van der Waals surface area contributed by atoms with Crippen molar-refractivity contribution < 1.29 is 4.74 Å². The monoisotopic (exact) mass is 427 g/mol. The zero-order valence-electron chi connectivity index (χ0n) is 17.5. The summed E-state index contributed by atoms with van der Waals surface area (Å²) < 4.78 is 5.84. The summed E-state index contributed by atoms with van der Waals surface area (Å²) in [5, 5.41) is 7.11. The molecule has 5 heteroatoms. The second-order valence-electron chi connectivity index (χ2n) is 7.28. The molecule has 0 fully saturated rings. The number of hydrogen-bond acceptors (Lipinski definition) is 5. The van der Waals surface area contributed by atoms with Gasteiger partial charge in [0.25, 0.3) is 0 Å². The van der Waals surface area contributed by atoms with Crippen LogP contribution in [0, 0.1) is 6.92 Å². The van der Waals surface area contributed by atoms with E-state index in [0.29, 0.717) is 6.61 Å². The van der Waals surface area contributed by atoms with E-state index in [9.17, 15) is 0 Å². The van der Waals surface area contributed by atoms with Gasteiger partial charge in [0.2, 0.25) is 5.13 Å². The summed E-state index contributed by atoms with van der Waals surface area (Å²) in [6.07, 6.45) is 3.81. The van der Waals surface area contributed by atoms with Crippen LogP contribution in [0.5, 0.6) is 5.75 Å². The smallest absolute Gasteiger partial charge is 0.203 e. The number of nitrogens with one attached hydrogen (secondary N) is 1. The maximum atomic E-state index is 5.84. The predicted octanol–water partition coefficient (Wildman–Crippen LogP) is 6.58. The lowest BCUT2D eigenvalue weighted by molar-refractivity contribution is 0.311. The van der Waals surface area contributed by atoms with Gasteiger partial charge in [-0.05, 0) is 55.2 Å². The van der Waals surface area contributed by atoms with E-state index in [0.717, 1.165) is 40.5 Å². The van der Waals surface area contributed by atoms with Gasteiger partial charge in [0.1, 0.15) is 5.75 Å². The second-order valence-corrected chi connectivity index (χ2v) is 8.14. The number of nitrogens with zero attached hydrogens (tertiary/aromatic N) is 2. The normalized spacial score (nSPS) is 11.0. The average molecular weight is 428 g/mol. The van der Waals surface area contributed by atoms with Gasteiger partial charge in [-0.1, -0.05) is 60.2 Å². The number of rotatable bonds is 9. The zero-order valence-corrected chi connectivity index (χ0v) is 18.3. The molecule has 0 saturated carbocycles. The molecule has 0 radical (unpaired) electrons. The number of ether oxygens (including phenoxy) is 1. The third kappa shape index (κ3) is 6.27. The minimum atomic E-state index is 0.706. The maximum absolute atomic E-state index is 5.84. The van der Waals surface area contributed by atoms with E-state index in [-0.39, 0.29) is 0 Å². The van der Waals surface area contributed by atoms with Crippen molar-refractivity contribution >= 4 is 22.7 Å². The number of anilines is 1. The van der Waals surface area contributed by atoms with Gasteiger partial charge in [0, 0.05) is 10.9 Å². The van der Waals surface area contributed by atoms with E-state index in [4.69, 9.17) is 4.74 Å². The topological polar surface area (TPSA) is 46.5 Å². The fourth-order valence-corrected chi connectivity index (χ4v) is 3.77. The van der Waals surface area contributed by atoms with Gasteiger partial charge in [-0.3, -0.25) is 5.43 Å². The van der Waals surface area contributed by atoms with Gasteiger partial charge in [0.15, 0.2) is 0 Å². The van der Waals surface area contributed by atoms with Crippen molar-refractivity contribution in [2.45, 2.75) is 19.8 Å². The molecule has 31 heavy (non-hydrogen) atoms. The van der Waals surface area contributed by atoms with Gasteiger partial charge in [-0.2, -0.15) is 5.10 Å². The van der Waals surface area contributed by atoms with Crippen molar-refractivity contribution in [2.24, 2.45) is 5.10 Å². The molecular weight excluding hydrogens is 402 g/mol. The van der Waals surface area contributed by atoms with Gasteiger partial charge < -0.3 is 4.74 Å². The summed E-state index contributed by atoms with van der Waals surface area (Å²) in [6, 6.07) is 26.8. The highest BCUT2D eigenvalue weighted by molar-refractivity contribution is 7.14. The minimum absolute atomic E-state index is 0.706. The van der Waals surface area contributed by atoms with Crippen molar-refractivity contribution in [1.29, 1.82) is 0 Å². The number of aromatic nitrogens is 1. The largest absolute Gasteiger partial charge is 0.494 e. The molecule has 4 rings (SSSR count). The van der Waals surface area contributed by atoms with E-state index in [1.54, 1.807) is 6.21 Å². The highest BCUT2D eigenvalue weighted by atomic mass is 32.1. The first-order chi connectivity index (χ1) is 15.3. The van der Waals surface area contributed by atoms with Crippen LogP contribution in [0.2, 0.25) is 0 Å². The molecule has 3 aromatic carbocycles. The molecule has 0 aliphatic carbocycles. The molecule has 0 saturated heterocycles. The summed E-state index contributed by atoms with van der Waals surface area (Å²) in [6.45, 7) is 2.79. The first-order valence-electron chi connectivity index (χ1n) is 10.3. The first kappa shape index (κ1) is 20.8. The van der Waals surface area contributed by atoms with E-state index >= 15 is 0 Å². The van der Waals surface area contributed by atoms with Crippen LogP contribution >= 0.6 is 11.3 Å². The van der Waals surface area contributed by atoms with Crippen molar-refractivity contribution in [3.8, 4) is 17.0 Å². The van der Waals surface area contributed by atoms with Gasteiger partial charge >= 0.3 is 0 Å². The summed E-state index contributed by atoms with van der Waals surface area (Å²) in [5.41, 5.74) is 8.66. The summed E-state index contributed by atoms with van der Waals surface area (Å²) in [5.74, 6) is 0.876. The van der Waals surface area contributed by atoms with Crippen LogP contribution < -0.4 is 10.2 Å². The number of hydrazone groups is 1. The molecule has 0 spiro atoms. The molecule has 1 heterocycles. The molecule has 1 aromatic heterocycles. The van der Waals surface area contributed by atoms with E-state index in [1.807, 2.05) is 35.7 Å². The predicted molar refractivity (Wildman–Crippen MR) is 130 cm³/mol. The second kappa shape index (κ2) is 10.5. The lowest BCUT2D eigenvalue weighted by Crippen LogP contribution is -1.99. The molecule has 4 aromatic rings. The number of aryl methyl sites for hydroxylation is 2. The third-order valence-corrected chi connectivity index (χ3v) is 5.57. The highest BCUT2D eigenvalue weighted by Gasteiger charge is 2.03. The molecule has 4 nitrogen and oxygen atoms in total. The Hall–Kier alpha value is -3.44. The number of benzene rings is 3. The van der Waals surface area contributed by atoms with Gasteiger partial charge in [0.05, 0.1) is 18.5 Å². The minimum Gasteiger partial charge on any atom is -0.494 e. The van der Waals surface area contributed by atoms with Crippen molar-refractivity contribution in [3.63, 3.8) is 0 Å². The molecule has 0 amide bonds. The summed E-state index contributed by atoms with van der Waals surface area (Å²) in [7, 11) is 0. The van der Waals surface area contributed by atoms with Crippen molar-refractivity contribution in [3.05, 3.63) is 101 Å². The Morgan fingerprint density at radius 2 is 1.74 bits per heavy atom. The molecule has 0 atom stereocenters. The average Bonchev–Trinajstić information content (AvgIpc) is 3.28. The Bertz CT molecular complexity index is 1100. The molecule has 0 bridgehead atoms. The summed E-state index contributed by atoms with van der Waals surface area (Å²) >= 11 is 1.54. The number of hydrogen-bond donors (Lipinski definition) is 1. The molecule has 0 aliphatic heterocycles. The van der Waals surface area contributed by atoms with Crippen LogP contribution in [-0.4, -0.2) is 17.8 Å². The number of thiazole rings is 1.